The molecule has 0 radical (unpaired) electrons. The lowest BCUT2D eigenvalue weighted by Crippen LogP contribution is -2.07. The Morgan fingerprint density at radius 3 is 1.02 bits per heavy atom. The minimum Gasteiger partial charge on any atom is -0.302 e. The molecule has 0 aliphatic carbocycles. The summed E-state index contributed by atoms with van der Waals surface area (Å²) in [6.45, 7) is 0. The number of para-hydroxylation sites is 4. The van der Waals surface area contributed by atoms with E-state index in [1.807, 2.05) is 12.4 Å². The Balaban J connectivity index is 1.09. The summed E-state index contributed by atoms with van der Waals surface area (Å²) >= 11 is 3.53. The number of thiophene rings is 2. The van der Waals surface area contributed by atoms with Crippen LogP contribution in [0, 0.1) is 0 Å². The van der Waals surface area contributed by atoms with Crippen molar-refractivity contribution in [3.05, 3.63) is 182 Å². The van der Waals surface area contributed by atoms with Crippen molar-refractivity contribution < 1.29 is 0 Å². The number of pyridine rings is 2. The molecule has 4 nitrogen and oxygen atoms in total. The lowest BCUT2D eigenvalue weighted by atomic mass is 10.1. The quantitative estimate of drug-likeness (QED) is 0.155. The van der Waals surface area contributed by atoms with E-state index in [0.717, 1.165) is 55.3 Å². The fourth-order valence-corrected chi connectivity index (χ4v) is 7.86. The van der Waals surface area contributed by atoms with Gasteiger partial charge >= 0.3 is 0 Å². The Labute approximate surface area is 288 Å². The molecular formula is C42H30N4S2. The van der Waals surface area contributed by atoms with Crippen molar-refractivity contribution in [1.82, 2.24) is 9.97 Å². The van der Waals surface area contributed by atoms with Gasteiger partial charge in [-0.1, -0.05) is 72.8 Å². The molecule has 6 heteroatoms. The van der Waals surface area contributed by atoms with Crippen LogP contribution in [-0.2, 0) is 0 Å². The number of benzene rings is 4. The molecule has 8 rings (SSSR count). The minimum absolute atomic E-state index is 0.847. The molecule has 0 aliphatic rings. The SMILES string of the molecule is c1ccc(N(c2ccccc2)c2ccc(-c3ccnc(-c4cc(-c5ccc(N(c6ccccc6)c6ccccc6)s5)ccn4)c3)s2)cc1. The second-order valence-corrected chi connectivity index (χ2v) is 13.3. The third kappa shape index (κ3) is 6.15. The maximum atomic E-state index is 4.75. The number of rotatable bonds is 9. The van der Waals surface area contributed by atoms with E-state index in [4.69, 9.17) is 9.97 Å². The standard InChI is InChI=1S/C42H30N4S2/c1-5-13-33(14-6-1)45(34-15-7-2-8-16-34)41-23-21-39(47-41)31-25-27-43-37(29-31)38-30-32(26-28-44-38)40-22-24-42(48-40)46(35-17-9-3-10-18-35)36-19-11-4-12-20-36/h1-30H. The third-order valence-electron chi connectivity index (χ3n) is 8.03. The highest BCUT2D eigenvalue weighted by atomic mass is 32.1. The minimum atomic E-state index is 0.847. The van der Waals surface area contributed by atoms with E-state index in [-0.39, 0.29) is 0 Å². The molecule has 230 valence electrons. The van der Waals surface area contributed by atoms with Crippen LogP contribution in [0.1, 0.15) is 0 Å². The summed E-state index contributed by atoms with van der Waals surface area (Å²) in [5.74, 6) is 0. The number of hydrogen-bond donors (Lipinski definition) is 0. The summed E-state index contributed by atoms with van der Waals surface area (Å²) < 4.78 is 0. The van der Waals surface area contributed by atoms with Gasteiger partial charge in [0.2, 0.25) is 0 Å². The van der Waals surface area contributed by atoms with Crippen LogP contribution in [-0.4, -0.2) is 9.97 Å². The first-order valence-electron chi connectivity index (χ1n) is 15.7. The molecule has 0 saturated heterocycles. The van der Waals surface area contributed by atoms with Gasteiger partial charge in [0.05, 0.1) is 11.4 Å². The molecular weight excluding hydrogens is 625 g/mol. The fraction of sp³-hybridized carbons (Fsp3) is 0. The van der Waals surface area contributed by atoms with E-state index < -0.39 is 0 Å². The first kappa shape index (κ1) is 29.6. The zero-order valence-corrected chi connectivity index (χ0v) is 27.6. The lowest BCUT2D eigenvalue weighted by Gasteiger charge is -2.23. The Kier molecular flexibility index (Phi) is 8.32. The van der Waals surface area contributed by atoms with Gasteiger partial charge < -0.3 is 9.80 Å². The highest BCUT2D eigenvalue weighted by Gasteiger charge is 2.17. The van der Waals surface area contributed by atoms with Gasteiger partial charge in [0.15, 0.2) is 0 Å². The van der Waals surface area contributed by atoms with Crippen molar-refractivity contribution in [2.75, 3.05) is 9.80 Å². The summed E-state index contributed by atoms with van der Waals surface area (Å²) in [6, 6.07) is 59.2. The van der Waals surface area contributed by atoms with Crippen LogP contribution in [0.15, 0.2) is 182 Å². The van der Waals surface area contributed by atoms with E-state index in [1.54, 1.807) is 22.7 Å². The predicted octanol–water partition coefficient (Wildman–Crippen LogP) is 12.5. The van der Waals surface area contributed by atoms with E-state index in [1.165, 1.54) is 9.75 Å². The summed E-state index contributed by atoms with van der Waals surface area (Å²) in [7, 11) is 0. The van der Waals surface area contributed by atoms with Crippen molar-refractivity contribution in [2.45, 2.75) is 0 Å². The van der Waals surface area contributed by atoms with Crippen LogP contribution in [0.4, 0.5) is 32.8 Å². The van der Waals surface area contributed by atoms with Crippen molar-refractivity contribution in [3.63, 3.8) is 0 Å². The average Bonchev–Trinajstić information content (AvgIpc) is 3.85. The topological polar surface area (TPSA) is 32.3 Å². The van der Waals surface area contributed by atoms with Gasteiger partial charge in [0, 0.05) is 44.9 Å². The molecule has 0 N–H and O–H groups in total. The van der Waals surface area contributed by atoms with Crippen LogP contribution >= 0.6 is 22.7 Å². The molecule has 0 saturated carbocycles. The number of hydrogen-bond acceptors (Lipinski definition) is 6. The van der Waals surface area contributed by atoms with Gasteiger partial charge in [-0.25, -0.2) is 0 Å². The van der Waals surface area contributed by atoms with Crippen LogP contribution in [0.25, 0.3) is 32.3 Å². The molecule has 4 aromatic heterocycles. The molecule has 0 unspecified atom stereocenters. The van der Waals surface area contributed by atoms with E-state index in [0.29, 0.717) is 0 Å². The normalized spacial score (nSPS) is 10.9. The largest absolute Gasteiger partial charge is 0.302 e. The predicted molar refractivity (Wildman–Crippen MR) is 203 cm³/mol. The molecule has 48 heavy (non-hydrogen) atoms. The highest BCUT2D eigenvalue weighted by molar-refractivity contribution is 7.19. The first-order chi connectivity index (χ1) is 23.8. The lowest BCUT2D eigenvalue weighted by molar-refractivity contribution is 1.25. The molecule has 0 atom stereocenters. The Morgan fingerprint density at radius 1 is 0.354 bits per heavy atom. The second kappa shape index (κ2) is 13.5. The highest BCUT2D eigenvalue weighted by Crippen LogP contribution is 2.43. The van der Waals surface area contributed by atoms with Crippen molar-refractivity contribution in [2.24, 2.45) is 0 Å². The summed E-state index contributed by atoms with van der Waals surface area (Å²) in [5.41, 5.74) is 8.43. The second-order valence-electron chi connectivity index (χ2n) is 11.1. The van der Waals surface area contributed by atoms with E-state index in [9.17, 15) is 0 Å². The van der Waals surface area contributed by atoms with Crippen LogP contribution in [0.2, 0.25) is 0 Å². The molecule has 8 aromatic rings. The van der Waals surface area contributed by atoms with Gasteiger partial charge in [0.25, 0.3) is 0 Å². The first-order valence-corrected chi connectivity index (χ1v) is 17.4. The van der Waals surface area contributed by atoms with Gasteiger partial charge in [-0.05, 0) is 108 Å². The monoisotopic (exact) mass is 654 g/mol. The molecule has 0 fully saturated rings. The van der Waals surface area contributed by atoms with E-state index >= 15 is 0 Å². The average molecular weight is 655 g/mol. The zero-order valence-electron chi connectivity index (χ0n) is 25.9. The maximum absolute atomic E-state index is 4.75. The number of aromatic nitrogens is 2. The Morgan fingerprint density at radius 2 is 0.688 bits per heavy atom. The van der Waals surface area contributed by atoms with Gasteiger partial charge in [-0.3, -0.25) is 9.97 Å². The smallest absolute Gasteiger partial charge is 0.101 e. The van der Waals surface area contributed by atoms with Crippen LogP contribution in [0.5, 0.6) is 0 Å². The Bertz CT molecular complexity index is 2010. The Hall–Kier alpha value is -5.82. The zero-order chi connectivity index (χ0) is 32.1. The maximum Gasteiger partial charge on any atom is 0.101 e. The van der Waals surface area contributed by atoms with Crippen LogP contribution < -0.4 is 9.80 Å². The van der Waals surface area contributed by atoms with E-state index in [2.05, 4.69) is 180 Å². The number of anilines is 6. The molecule has 0 bridgehead atoms. The van der Waals surface area contributed by atoms with Gasteiger partial charge in [-0.2, -0.15) is 0 Å². The van der Waals surface area contributed by atoms with Crippen LogP contribution in [0.3, 0.4) is 0 Å². The molecule has 0 spiro atoms. The van der Waals surface area contributed by atoms with Gasteiger partial charge in [0.1, 0.15) is 10.0 Å². The van der Waals surface area contributed by atoms with Crippen molar-refractivity contribution >= 4 is 55.4 Å². The summed E-state index contributed by atoms with van der Waals surface area (Å²) in [6.07, 6.45) is 3.76. The molecule has 4 aromatic carbocycles. The number of nitrogens with zero attached hydrogens (tertiary/aromatic N) is 4. The molecule has 0 aliphatic heterocycles. The fourth-order valence-electron chi connectivity index (χ4n) is 5.77. The summed E-state index contributed by atoms with van der Waals surface area (Å²) in [4.78, 5) is 16.4. The molecule has 0 amide bonds. The van der Waals surface area contributed by atoms with Crippen molar-refractivity contribution in [3.8, 4) is 32.3 Å². The molecule has 4 heterocycles. The third-order valence-corrected chi connectivity index (χ3v) is 10.3. The summed E-state index contributed by atoms with van der Waals surface area (Å²) in [5, 5.41) is 2.30. The van der Waals surface area contributed by atoms with Crippen molar-refractivity contribution in [1.29, 1.82) is 0 Å². The van der Waals surface area contributed by atoms with Gasteiger partial charge in [-0.15, -0.1) is 22.7 Å².